The predicted molar refractivity (Wildman–Crippen MR) is 48.6 cm³/mol. The number of alkyl halides is 3. The van der Waals surface area contributed by atoms with Crippen molar-refractivity contribution in [3.8, 4) is 0 Å². The molecule has 1 heterocycles. The van der Waals surface area contributed by atoms with E-state index in [9.17, 15) is 18.0 Å². The first kappa shape index (κ1) is 9.82. The third kappa shape index (κ3) is 1.88. The third-order valence-electron chi connectivity index (χ3n) is 2.06. The number of fused-ring (bicyclic) bond motifs is 1. The second kappa shape index (κ2) is 3.15. The Morgan fingerprint density at radius 3 is 2.60 bits per heavy atom. The molecule has 80 valence electrons. The van der Waals surface area contributed by atoms with Crippen LogP contribution in [0.4, 0.5) is 24.5 Å². The SMILES string of the molecule is O=C1CNc2cc(C(F)(F)F)ccc2N1. The smallest absolute Gasteiger partial charge is 0.374 e. The quantitative estimate of drug-likeness (QED) is 0.697. The van der Waals surface area contributed by atoms with Gasteiger partial charge in [-0.15, -0.1) is 0 Å². The van der Waals surface area contributed by atoms with Crippen molar-refractivity contribution >= 4 is 17.3 Å². The maximum Gasteiger partial charge on any atom is 0.416 e. The number of nitrogens with one attached hydrogen (secondary N) is 2. The summed E-state index contributed by atoms with van der Waals surface area (Å²) in [4.78, 5) is 10.9. The molecular formula is C9H7F3N2O. The summed E-state index contributed by atoms with van der Waals surface area (Å²) in [6.45, 7) is -0.00564. The van der Waals surface area contributed by atoms with Gasteiger partial charge in [0.05, 0.1) is 23.5 Å². The molecule has 0 aromatic heterocycles. The molecular weight excluding hydrogens is 209 g/mol. The fraction of sp³-hybridized carbons (Fsp3) is 0.222. The number of hydrogen-bond acceptors (Lipinski definition) is 2. The summed E-state index contributed by atoms with van der Waals surface area (Å²) < 4.78 is 37.0. The first-order valence-electron chi connectivity index (χ1n) is 4.22. The van der Waals surface area contributed by atoms with Crippen molar-refractivity contribution in [1.82, 2.24) is 0 Å². The minimum atomic E-state index is -4.36. The first-order valence-corrected chi connectivity index (χ1v) is 4.22. The van der Waals surface area contributed by atoms with Crippen molar-refractivity contribution in [2.45, 2.75) is 6.18 Å². The molecule has 2 N–H and O–H groups in total. The highest BCUT2D eigenvalue weighted by Gasteiger charge is 2.31. The van der Waals surface area contributed by atoms with Gasteiger partial charge in [-0.3, -0.25) is 4.79 Å². The Labute approximate surface area is 83.3 Å². The highest BCUT2D eigenvalue weighted by molar-refractivity contribution is 6.00. The van der Waals surface area contributed by atoms with Crippen molar-refractivity contribution in [2.75, 3.05) is 17.2 Å². The van der Waals surface area contributed by atoms with Gasteiger partial charge < -0.3 is 10.6 Å². The van der Waals surface area contributed by atoms with E-state index in [-0.39, 0.29) is 12.5 Å². The van der Waals surface area contributed by atoms with E-state index >= 15 is 0 Å². The topological polar surface area (TPSA) is 41.1 Å². The average molecular weight is 216 g/mol. The predicted octanol–water partition coefficient (Wildman–Crippen LogP) is 2.07. The number of rotatable bonds is 0. The first-order chi connectivity index (χ1) is 6.97. The molecule has 0 spiro atoms. The van der Waals surface area contributed by atoms with E-state index in [1.165, 1.54) is 6.07 Å². The van der Waals surface area contributed by atoms with Crippen LogP contribution in [0.25, 0.3) is 0 Å². The van der Waals surface area contributed by atoms with Crippen LogP contribution in [-0.4, -0.2) is 12.5 Å². The summed E-state index contributed by atoms with van der Waals surface area (Å²) in [5.41, 5.74) is -0.0615. The molecule has 0 bridgehead atoms. The lowest BCUT2D eigenvalue weighted by Gasteiger charge is -2.19. The van der Waals surface area contributed by atoms with Crippen molar-refractivity contribution in [2.24, 2.45) is 0 Å². The normalized spacial score (nSPS) is 15.3. The fourth-order valence-corrected chi connectivity index (χ4v) is 1.35. The standard InChI is InChI=1S/C9H7F3N2O/c10-9(11,12)5-1-2-6-7(3-5)13-4-8(15)14-6/h1-3,13H,4H2,(H,14,15). The zero-order chi connectivity index (χ0) is 11.1. The Hall–Kier alpha value is -1.72. The minimum Gasteiger partial charge on any atom is -0.374 e. The molecule has 1 aliphatic rings. The van der Waals surface area contributed by atoms with E-state index < -0.39 is 11.7 Å². The van der Waals surface area contributed by atoms with Crippen LogP contribution in [0.5, 0.6) is 0 Å². The number of benzene rings is 1. The molecule has 0 saturated carbocycles. The van der Waals surface area contributed by atoms with Crippen LogP contribution in [0.1, 0.15) is 5.56 Å². The van der Waals surface area contributed by atoms with Crippen LogP contribution < -0.4 is 10.6 Å². The van der Waals surface area contributed by atoms with Crippen molar-refractivity contribution in [3.63, 3.8) is 0 Å². The largest absolute Gasteiger partial charge is 0.416 e. The molecule has 1 amide bonds. The molecule has 1 aromatic carbocycles. The summed E-state index contributed by atoms with van der Waals surface area (Å²) in [6.07, 6.45) is -4.36. The van der Waals surface area contributed by atoms with Gasteiger partial charge in [-0.1, -0.05) is 0 Å². The Morgan fingerprint density at radius 2 is 1.93 bits per heavy atom. The maximum absolute atomic E-state index is 12.3. The van der Waals surface area contributed by atoms with Crippen LogP contribution in [-0.2, 0) is 11.0 Å². The van der Waals surface area contributed by atoms with Gasteiger partial charge in [0, 0.05) is 0 Å². The zero-order valence-corrected chi connectivity index (χ0v) is 7.48. The second-order valence-corrected chi connectivity index (χ2v) is 3.16. The lowest BCUT2D eigenvalue weighted by Crippen LogP contribution is -2.27. The van der Waals surface area contributed by atoms with Gasteiger partial charge in [0.2, 0.25) is 5.91 Å². The lowest BCUT2D eigenvalue weighted by molar-refractivity contribution is -0.137. The van der Waals surface area contributed by atoms with E-state index in [1.54, 1.807) is 0 Å². The van der Waals surface area contributed by atoms with Gasteiger partial charge in [-0.25, -0.2) is 0 Å². The number of hydrogen-bond donors (Lipinski definition) is 2. The number of amides is 1. The van der Waals surface area contributed by atoms with Crippen LogP contribution in [0.15, 0.2) is 18.2 Å². The minimum absolute atomic E-state index is 0.00564. The molecule has 0 unspecified atom stereocenters. The van der Waals surface area contributed by atoms with Gasteiger partial charge in [-0.2, -0.15) is 13.2 Å². The van der Waals surface area contributed by atoms with E-state index in [0.717, 1.165) is 12.1 Å². The van der Waals surface area contributed by atoms with Gasteiger partial charge in [0.1, 0.15) is 0 Å². The highest BCUT2D eigenvalue weighted by Crippen LogP contribution is 2.34. The van der Waals surface area contributed by atoms with Crippen LogP contribution in [0.2, 0.25) is 0 Å². The van der Waals surface area contributed by atoms with E-state index in [4.69, 9.17) is 0 Å². The second-order valence-electron chi connectivity index (χ2n) is 3.16. The molecule has 0 fully saturated rings. The summed E-state index contributed by atoms with van der Waals surface area (Å²) >= 11 is 0. The van der Waals surface area contributed by atoms with E-state index in [2.05, 4.69) is 10.6 Å². The Kier molecular flexibility index (Phi) is 2.06. The molecule has 0 radical (unpaired) electrons. The van der Waals surface area contributed by atoms with Gasteiger partial charge >= 0.3 is 6.18 Å². The summed E-state index contributed by atoms with van der Waals surface area (Å²) in [5, 5.41) is 5.08. The maximum atomic E-state index is 12.3. The molecule has 0 atom stereocenters. The average Bonchev–Trinajstić information content (AvgIpc) is 2.15. The molecule has 3 nitrogen and oxygen atoms in total. The Morgan fingerprint density at radius 1 is 1.20 bits per heavy atom. The number of carbonyl (C=O) groups excluding carboxylic acids is 1. The zero-order valence-electron chi connectivity index (χ0n) is 7.48. The number of anilines is 2. The summed E-state index contributed by atoms with van der Waals surface area (Å²) in [5.74, 6) is -0.262. The van der Waals surface area contributed by atoms with Crippen LogP contribution in [0.3, 0.4) is 0 Å². The molecule has 0 aliphatic carbocycles. The van der Waals surface area contributed by atoms with Gasteiger partial charge in [0.25, 0.3) is 0 Å². The summed E-state index contributed by atoms with van der Waals surface area (Å²) in [6, 6.07) is 3.16. The van der Waals surface area contributed by atoms with E-state index in [1.807, 2.05) is 0 Å². The summed E-state index contributed by atoms with van der Waals surface area (Å²) in [7, 11) is 0. The van der Waals surface area contributed by atoms with E-state index in [0.29, 0.717) is 11.4 Å². The van der Waals surface area contributed by atoms with Crippen molar-refractivity contribution < 1.29 is 18.0 Å². The van der Waals surface area contributed by atoms with Crippen molar-refractivity contribution in [3.05, 3.63) is 23.8 Å². The molecule has 15 heavy (non-hydrogen) atoms. The molecule has 0 saturated heterocycles. The molecule has 2 rings (SSSR count). The number of carbonyl (C=O) groups is 1. The third-order valence-corrected chi connectivity index (χ3v) is 2.06. The molecule has 1 aliphatic heterocycles. The Balaban J connectivity index is 2.39. The lowest BCUT2D eigenvalue weighted by atomic mass is 10.1. The fourth-order valence-electron chi connectivity index (χ4n) is 1.35. The van der Waals surface area contributed by atoms with Crippen LogP contribution >= 0.6 is 0 Å². The number of halogens is 3. The monoisotopic (exact) mass is 216 g/mol. The Bertz CT molecular complexity index is 414. The van der Waals surface area contributed by atoms with Gasteiger partial charge in [0.15, 0.2) is 0 Å². The highest BCUT2D eigenvalue weighted by atomic mass is 19.4. The molecule has 6 heteroatoms. The van der Waals surface area contributed by atoms with Crippen molar-refractivity contribution in [1.29, 1.82) is 0 Å². The molecule has 1 aromatic rings. The van der Waals surface area contributed by atoms with Crippen LogP contribution in [0, 0.1) is 0 Å². The van der Waals surface area contributed by atoms with Gasteiger partial charge in [-0.05, 0) is 18.2 Å².